The monoisotopic (exact) mass is 646 g/mol. The Labute approximate surface area is 268 Å². The van der Waals surface area contributed by atoms with Crippen molar-refractivity contribution in [1.29, 1.82) is 0 Å². The second-order valence-electron chi connectivity index (χ2n) is 11.7. The number of cyclic esters (lactones) is 1. The summed E-state index contributed by atoms with van der Waals surface area (Å²) in [6.07, 6.45) is 1.18. The minimum absolute atomic E-state index is 0.0107. The Bertz CT molecular complexity index is 1880. The van der Waals surface area contributed by atoms with Crippen molar-refractivity contribution in [3.8, 4) is 17.1 Å². The normalized spacial score (nSPS) is 18.1. The molecule has 5 heterocycles. The number of imide groups is 1. The molecule has 2 aromatic heterocycles. The summed E-state index contributed by atoms with van der Waals surface area (Å²) < 4.78 is 12.8. The summed E-state index contributed by atoms with van der Waals surface area (Å²) in [5.74, 6) is -2.45. The maximum Gasteiger partial charge on any atom is 0.408 e. The number of unbranched alkanes of at least 4 members (excludes halogenated alkanes) is 2. The van der Waals surface area contributed by atoms with Crippen molar-refractivity contribution in [3.05, 3.63) is 56.9 Å². The van der Waals surface area contributed by atoms with Crippen LogP contribution in [0.2, 0.25) is 0 Å². The molecule has 2 N–H and O–H groups in total. The minimum atomic E-state index is -1.86. The molecule has 1 fully saturated rings. The second-order valence-corrected chi connectivity index (χ2v) is 11.7. The van der Waals surface area contributed by atoms with E-state index in [4.69, 9.17) is 19.3 Å². The van der Waals surface area contributed by atoms with Crippen LogP contribution >= 0.6 is 0 Å². The first kappa shape index (κ1) is 31.7. The fourth-order valence-corrected chi connectivity index (χ4v) is 6.47. The Balaban J connectivity index is 1.16. The van der Waals surface area contributed by atoms with E-state index in [9.17, 15) is 33.9 Å². The zero-order chi connectivity index (χ0) is 33.5. The molecule has 3 aliphatic heterocycles. The average molecular weight is 647 g/mol. The molecule has 0 radical (unpaired) electrons. The summed E-state index contributed by atoms with van der Waals surface area (Å²) in [6.45, 7) is 3.83. The lowest BCUT2D eigenvalue weighted by molar-refractivity contribution is -0.197. The van der Waals surface area contributed by atoms with Gasteiger partial charge in [-0.05, 0) is 55.5 Å². The van der Waals surface area contributed by atoms with Crippen LogP contribution in [0.15, 0.2) is 29.1 Å². The van der Waals surface area contributed by atoms with E-state index >= 15 is 0 Å². The molecule has 1 saturated heterocycles. The number of amides is 3. The summed E-state index contributed by atoms with van der Waals surface area (Å²) in [6, 6.07) is 6.63. The first-order valence-corrected chi connectivity index (χ1v) is 15.7. The number of esters is 1. The van der Waals surface area contributed by atoms with Crippen LogP contribution in [0.3, 0.4) is 0 Å². The van der Waals surface area contributed by atoms with Gasteiger partial charge in [0, 0.05) is 42.3 Å². The van der Waals surface area contributed by atoms with Crippen LogP contribution in [-0.4, -0.2) is 56.1 Å². The zero-order valence-electron chi connectivity index (χ0n) is 26.1. The Kier molecular flexibility index (Phi) is 8.43. The number of aryl methyl sites for hydroxylation is 1. The number of aromatic nitrogens is 2. The molecule has 0 aliphatic carbocycles. The first-order valence-electron chi connectivity index (χ1n) is 15.7. The molecular formula is C33H34N4O10. The van der Waals surface area contributed by atoms with Crippen molar-refractivity contribution >= 4 is 40.7 Å². The van der Waals surface area contributed by atoms with Gasteiger partial charge in [-0.15, -0.1) is 5.06 Å². The van der Waals surface area contributed by atoms with Gasteiger partial charge in [0.15, 0.2) is 0 Å². The number of nitrogens with zero attached hydrogens (tertiary/aromatic N) is 3. The smallest absolute Gasteiger partial charge is 0.408 e. The maximum atomic E-state index is 13.8. The summed E-state index contributed by atoms with van der Waals surface area (Å²) in [5, 5.41) is 14.0. The Morgan fingerprint density at radius 2 is 1.81 bits per heavy atom. The maximum absolute atomic E-state index is 13.8. The van der Waals surface area contributed by atoms with E-state index in [1.807, 2.05) is 6.92 Å². The number of fused-ring (bicyclic) bond motifs is 5. The summed E-state index contributed by atoms with van der Waals surface area (Å²) >= 11 is 0. The highest BCUT2D eigenvalue weighted by atomic mass is 16.7. The molecule has 246 valence electrons. The number of hydroxylamine groups is 2. The number of nitrogens with one attached hydrogen (secondary N) is 1. The Morgan fingerprint density at radius 1 is 1.04 bits per heavy atom. The van der Waals surface area contributed by atoms with E-state index in [2.05, 4.69) is 5.32 Å². The molecule has 0 saturated carbocycles. The van der Waals surface area contributed by atoms with Crippen LogP contribution in [0.5, 0.6) is 5.75 Å². The largest absolute Gasteiger partial charge is 0.508 e. The highest BCUT2D eigenvalue weighted by Gasteiger charge is 2.50. The number of alkyl carbamates (subject to hydrolysis) is 1. The predicted octanol–water partition coefficient (Wildman–Crippen LogP) is 3.25. The van der Waals surface area contributed by atoms with E-state index in [0.29, 0.717) is 47.7 Å². The summed E-state index contributed by atoms with van der Waals surface area (Å²) in [5.41, 5.74) is 1.82. The van der Waals surface area contributed by atoms with E-state index in [-0.39, 0.29) is 67.8 Å². The van der Waals surface area contributed by atoms with Crippen LogP contribution in [-0.2, 0) is 58.7 Å². The van der Waals surface area contributed by atoms with Crippen molar-refractivity contribution in [2.24, 2.45) is 0 Å². The van der Waals surface area contributed by atoms with Crippen LogP contribution in [0.4, 0.5) is 4.79 Å². The molecule has 3 aliphatic rings. The van der Waals surface area contributed by atoms with Crippen molar-refractivity contribution in [2.45, 2.75) is 84.0 Å². The van der Waals surface area contributed by atoms with E-state index in [0.717, 1.165) is 16.5 Å². The lowest BCUT2D eigenvalue weighted by Crippen LogP contribution is -2.49. The third-order valence-corrected chi connectivity index (χ3v) is 8.90. The molecule has 0 spiro atoms. The number of hydrogen-bond donors (Lipinski definition) is 2. The number of hydrogen-bond acceptors (Lipinski definition) is 11. The number of aromatic hydroxyl groups is 1. The van der Waals surface area contributed by atoms with Crippen molar-refractivity contribution in [2.75, 3.05) is 6.54 Å². The molecule has 14 nitrogen and oxygen atoms in total. The van der Waals surface area contributed by atoms with Crippen molar-refractivity contribution in [3.63, 3.8) is 0 Å². The fourth-order valence-electron chi connectivity index (χ4n) is 6.47. The SMILES string of the molecule is CCc1c2c(nc3ccc(O)cc13)-c1cc3c(c(=O)n1C2)COC(=O)[C@@]3(CC)OC(=O)NCCCCCC(=O)ON1C(=O)CCC1=O. The van der Waals surface area contributed by atoms with E-state index in [1.54, 1.807) is 35.8 Å². The van der Waals surface area contributed by atoms with Crippen molar-refractivity contribution < 1.29 is 43.4 Å². The molecule has 0 unspecified atom stereocenters. The van der Waals surface area contributed by atoms with E-state index < -0.39 is 35.4 Å². The highest BCUT2D eigenvalue weighted by molar-refractivity contribution is 6.01. The van der Waals surface area contributed by atoms with Gasteiger partial charge in [0.2, 0.25) is 5.60 Å². The number of carbonyl (C=O) groups is 5. The Hall–Kier alpha value is -5.27. The quantitative estimate of drug-likeness (QED) is 0.146. The number of ether oxygens (including phenoxy) is 2. The molecule has 47 heavy (non-hydrogen) atoms. The highest BCUT2D eigenvalue weighted by Crippen LogP contribution is 2.42. The van der Waals surface area contributed by atoms with Gasteiger partial charge < -0.3 is 29.3 Å². The fraction of sp³-hybridized carbons (Fsp3) is 0.424. The van der Waals surface area contributed by atoms with Crippen LogP contribution in [0, 0.1) is 0 Å². The average Bonchev–Trinajstić information content (AvgIpc) is 3.57. The molecule has 1 aromatic carbocycles. The molecule has 14 heteroatoms. The third-order valence-electron chi connectivity index (χ3n) is 8.90. The number of phenols is 1. The van der Waals surface area contributed by atoms with Gasteiger partial charge >= 0.3 is 18.0 Å². The summed E-state index contributed by atoms with van der Waals surface area (Å²) in [4.78, 5) is 85.0. The molecule has 0 bridgehead atoms. The van der Waals surface area contributed by atoms with Crippen LogP contribution in [0.25, 0.3) is 22.3 Å². The lowest BCUT2D eigenvalue weighted by Gasteiger charge is -2.35. The molecule has 3 aromatic rings. The number of phenolic OH excluding ortho intramolecular Hbond substituents is 1. The van der Waals surface area contributed by atoms with Gasteiger partial charge in [0.05, 0.1) is 29.0 Å². The molecular weight excluding hydrogens is 612 g/mol. The lowest BCUT2D eigenvalue weighted by atomic mass is 9.85. The standard InChI is InChI=1S/C33H34N4O10/c1-3-19-20-14-18(38)9-10-24(20)35-29-21(19)16-36-25(29)15-23-22(30(36)42)17-45-31(43)33(23,4-2)46-32(44)34-13-7-5-6-8-28(41)47-37-26(39)11-12-27(37)40/h9-10,14-15,38H,3-8,11-13,16-17H2,1-2H3,(H,34,44)/t33-/m0/s1. The topological polar surface area (TPSA) is 183 Å². The molecule has 6 rings (SSSR count). The number of pyridine rings is 2. The minimum Gasteiger partial charge on any atom is -0.508 e. The third kappa shape index (κ3) is 5.57. The number of carbonyl (C=O) groups excluding carboxylic acids is 5. The van der Waals surface area contributed by atoms with Gasteiger partial charge in [-0.1, -0.05) is 20.3 Å². The first-order chi connectivity index (χ1) is 22.6. The van der Waals surface area contributed by atoms with Gasteiger partial charge in [-0.3, -0.25) is 14.4 Å². The van der Waals surface area contributed by atoms with E-state index in [1.165, 1.54) is 0 Å². The molecule has 3 amide bonds. The zero-order valence-corrected chi connectivity index (χ0v) is 26.1. The Morgan fingerprint density at radius 3 is 2.53 bits per heavy atom. The second kappa shape index (κ2) is 12.5. The van der Waals surface area contributed by atoms with Crippen molar-refractivity contribution in [1.82, 2.24) is 19.9 Å². The number of rotatable bonds is 10. The summed E-state index contributed by atoms with van der Waals surface area (Å²) in [7, 11) is 0. The van der Waals surface area contributed by atoms with Gasteiger partial charge in [-0.25, -0.2) is 19.4 Å². The molecule has 1 atom stereocenters. The van der Waals surface area contributed by atoms with Crippen LogP contribution in [0.1, 0.15) is 81.0 Å². The van der Waals surface area contributed by atoms with Crippen LogP contribution < -0.4 is 10.9 Å². The number of benzene rings is 1. The van der Waals surface area contributed by atoms with Gasteiger partial charge in [0.25, 0.3) is 17.4 Å². The predicted molar refractivity (Wildman–Crippen MR) is 163 cm³/mol. The van der Waals surface area contributed by atoms with Gasteiger partial charge in [-0.2, -0.15) is 0 Å². The van der Waals surface area contributed by atoms with Gasteiger partial charge in [0.1, 0.15) is 12.4 Å².